The lowest BCUT2D eigenvalue weighted by atomic mass is 10.2. The van der Waals surface area contributed by atoms with Crippen molar-refractivity contribution in [1.29, 1.82) is 0 Å². The summed E-state index contributed by atoms with van der Waals surface area (Å²) in [5, 5.41) is 3.70. The largest absolute Gasteiger partial charge is 0.369 e. The predicted octanol–water partition coefficient (Wildman–Crippen LogP) is 2.31. The lowest BCUT2D eigenvalue weighted by molar-refractivity contribution is 0.585. The van der Waals surface area contributed by atoms with Gasteiger partial charge in [-0.25, -0.2) is 4.39 Å². The quantitative estimate of drug-likeness (QED) is 0.823. The number of hydrogen-bond acceptors (Lipinski definition) is 2. The Morgan fingerprint density at radius 1 is 1.20 bits per heavy atom. The Balaban J connectivity index is 0.00000112. The molecule has 2 nitrogen and oxygen atoms in total. The van der Waals surface area contributed by atoms with E-state index in [9.17, 15) is 4.39 Å². The number of nitrogens with one attached hydrogen (secondary N) is 1. The van der Waals surface area contributed by atoms with Gasteiger partial charge in [0.2, 0.25) is 0 Å². The monoisotopic (exact) mass is 250 g/mol. The smallest absolute Gasteiger partial charge is 0.126 e. The average molecular weight is 251 g/mol. The van der Waals surface area contributed by atoms with Crippen molar-refractivity contribution in [3.8, 4) is 0 Å². The van der Waals surface area contributed by atoms with Gasteiger partial charge in [-0.1, -0.05) is 11.6 Å². The van der Waals surface area contributed by atoms with Crippen LogP contribution in [0.4, 0.5) is 10.1 Å². The SMILES string of the molecule is Cl.Fc1cc(Cl)cc(N2CCNCC2)c1. The first-order chi connectivity index (χ1) is 6.75. The van der Waals surface area contributed by atoms with E-state index in [0.29, 0.717) is 5.02 Å². The molecule has 1 fully saturated rings. The van der Waals surface area contributed by atoms with Gasteiger partial charge in [0.25, 0.3) is 0 Å². The first kappa shape index (κ1) is 12.6. The van der Waals surface area contributed by atoms with Crippen molar-refractivity contribution in [3.05, 3.63) is 29.0 Å². The number of halogens is 3. The first-order valence-electron chi connectivity index (χ1n) is 4.67. The fourth-order valence-corrected chi connectivity index (χ4v) is 1.86. The Labute approximate surface area is 99.8 Å². The molecule has 5 heteroatoms. The molecular weight excluding hydrogens is 238 g/mol. The van der Waals surface area contributed by atoms with E-state index in [2.05, 4.69) is 10.2 Å². The van der Waals surface area contributed by atoms with Crippen molar-refractivity contribution in [2.75, 3.05) is 31.1 Å². The van der Waals surface area contributed by atoms with Gasteiger partial charge in [0, 0.05) is 36.9 Å². The molecule has 1 N–H and O–H groups in total. The first-order valence-corrected chi connectivity index (χ1v) is 5.05. The molecule has 0 spiro atoms. The zero-order chi connectivity index (χ0) is 9.97. The molecule has 1 aliphatic rings. The van der Waals surface area contributed by atoms with Crippen LogP contribution in [0.1, 0.15) is 0 Å². The van der Waals surface area contributed by atoms with Crippen molar-refractivity contribution in [2.45, 2.75) is 0 Å². The summed E-state index contributed by atoms with van der Waals surface area (Å²) >= 11 is 5.79. The van der Waals surface area contributed by atoms with Crippen LogP contribution in [0, 0.1) is 5.82 Å². The number of anilines is 1. The Kier molecular flexibility index (Phi) is 4.64. The Bertz CT molecular complexity index is 307. The van der Waals surface area contributed by atoms with E-state index in [1.807, 2.05) is 0 Å². The normalized spacial score (nSPS) is 16.0. The minimum atomic E-state index is -0.272. The third-order valence-electron chi connectivity index (χ3n) is 2.33. The Morgan fingerprint density at radius 3 is 2.47 bits per heavy atom. The molecule has 2 rings (SSSR count). The Morgan fingerprint density at radius 2 is 1.87 bits per heavy atom. The lowest BCUT2D eigenvalue weighted by Crippen LogP contribution is -2.43. The van der Waals surface area contributed by atoms with E-state index in [4.69, 9.17) is 11.6 Å². The number of nitrogens with zero attached hydrogens (tertiary/aromatic N) is 1. The van der Waals surface area contributed by atoms with Crippen LogP contribution < -0.4 is 10.2 Å². The molecule has 0 aromatic heterocycles. The zero-order valence-corrected chi connectivity index (χ0v) is 9.74. The maximum absolute atomic E-state index is 13.1. The van der Waals surface area contributed by atoms with Crippen LogP contribution in [0.5, 0.6) is 0 Å². The molecule has 1 aromatic rings. The van der Waals surface area contributed by atoms with Crippen LogP contribution in [-0.4, -0.2) is 26.2 Å². The average Bonchev–Trinajstić information content (AvgIpc) is 2.18. The maximum Gasteiger partial charge on any atom is 0.126 e. The maximum atomic E-state index is 13.1. The van der Waals surface area contributed by atoms with Gasteiger partial charge in [0.1, 0.15) is 5.82 Å². The van der Waals surface area contributed by atoms with Gasteiger partial charge >= 0.3 is 0 Å². The van der Waals surface area contributed by atoms with Crippen LogP contribution in [0.2, 0.25) is 5.02 Å². The number of hydrogen-bond donors (Lipinski definition) is 1. The topological polar surface area (TPSA) is 15.3 Å². The molecule has 0 aliphatic carbocycles. The Hall–Kier alpha value is -0.510. The number of benzene rings is 1. The summed E-state index contributed by atoms with van der Waals surface area (Å²) in [5.41, 5.74) is 0.872. The van der Waals surface area contributed by atoms with E-state index in [0.717, 1.165) is 31.9 Å². The van der Waals surface area contributed by atoms with E-state index in [1.165, 1.54) is 12.1 Å². The molecule has 0 saturated carbocycles. The summed E-state index contributed by atoms with van der Waals surface area (Å²) in [6.45, 7) is 3.68. The second-order valence-corrected chi connectivity index (χ2v) is 3.80. The molecule has 0 atom stereocenters. The molecular formula is C10H13Cl2FN2. The van der Waals surface area contributed by atoms with Crippen molar-refractivity contribution >= 4 is 29.7 Å². The highest BCUT2D eigenvalue weighted by Gasteiger charge is 2.11. The van der Waals surface area contributed by atoms with Gasteiger partial charge in [0.15, 0.2) is 0 Å². The van der Waals surface area contributed by atoms with Crippen molar-refractivity contribution in [3.63, 3.8) is 0 Å². The van der Waals surface area contributed by atoms with Crippen molar-refractivity contribution in [2.24, 2.45) is 0 Å². The summed E-state index contributed by atoms with van der Waals surface area (Å²) < 4.78 is 13.1. The van der Waals surface area contributed by atoms with Gasteiger partial charge in [-0.05, 0) is 18.2 Å². The molecule has 1 aliphatic heterocycles. The second kappa shape index (κ2) is 5.54. The van der Waals surface area contributed by atoms with Gasteiger partial charge in [-0.15, -0.1) is 12.4 Å². The van der Waals surface area contributed by atoms with Crippen molar-refractivity contribution < 1.29 is 4.39 Å². The minimum Gasteiger partial charge on any atom is -0.369 e. The van der Waals surface area contributed by atoms with E-state index in [-0.39, 0.29) is 18.2 Å². The van der Waals surface area contributed by atoms with Gasteiger partial charge < -0.3 is 10.2 Å². The molecule has 1 aromatic carbocycles. The van der Waals surface area contributed by atoms with Gasteiger partial charge in [-0.3, -0.25) is 0 Å². The molecule has 1 heterocycles. The lowest BCUT2D eigenvalue weighted by Gasteiger charge is -2.29. The molecule has 0 unspecified atom stereocenters. The summed E-state index contributed by atoms with van der Waals surface area (Å²) in [6.07, 6.45) is 0. The second-order valence-electron chi connectivity index (χ2n) is 3.36. The zero-order valence-electron chi connectivity index (χ0n) is 8.17. The van der Waals surface area contributed by atoms with Crippen LogP contribution in [-0.2, 0) is 0 Å². The van der Waals surface area contributed by atoms with Crippen LogP contribution in [0.15, 0.2) is 18.2 Å². The molecule has 0 radical (unpaired) electrons. The van der Waals surface area contributed by atoms with Crippen LogP contribution in [0.25, 0.3) is 0 Å². The standard InChI is InChI=1S/C10H12ClFN2.ClH/c11-8-5-9(12)7-10(6-8)14-3-1-13-2-4-14;/h5-7,13H,1-4H2;1H. The molecule has 0 bridgehead atoms. The number of rotatable bonds is 1. The van der Waals surface area contributed by atoms with E-state index in [1.54, 1.807) is 6.07 Å². The number of piperazine rings is 1. The van der Waals surface area contributed by atoms with Crippen LogP contribution >= 0.6 is 24.0 Å². The highest BCUT2D eigenvalue weighted by atomic mass is 35.5. The third kappa shape index (κ3) is 3.23. The summed E-state index contributed by atoms with van der Waals surface area (Å²) in [5.74, 6) is -0.272. The third-order valence-corrected chi connectivity index (χ3v) is 2.55. The van der Waals surface area contributed by atoms with E-state index >= 15 is 0 Å². The summed E-state index contributed by atoms with van der Waals surface area (Å²) in [6, 6.07) is 4.65. The highest BCUT2D eigenvalue weighted by molar-refractivity contribution is 6.30. The van der Waals surface area contributed by atoms with Gasteiger partial charge in [-0.2, -0.15) is 0 Å². The fraction of sp³-hybridized carbons (Fsp3) is 0.400. The highest BCUT2D eigenvalue weighted by Crippen LogP contribution is 2.21. The molecule has 15 heavy (non-hydrogen) atoms. The molecule has 84 valence electrons. The van der Waals surface area contributed by atoms with Crippen molar-refractivity contribution in [1.82, 2.24) is 5.32 Å². The summed E-state index contributed by atoms with van der Waals surface area (Å²) in [7, 11) is 0. The summed E-state index contributed by atoms with van der Waals surface area (Å²) in [4.78, 5) is 2.13. The van der Waals surface area contributed by atoms with Crippen LogP contribution in [0.3, 0.4) is 0 Å². The predicted molar refractivity (Wildman–Crippen MR) is 63.7 cm³/mol. The minimum absolute atomic E-state index is 0. The molecule has 0 amide bonds. The molecule has 1 saturated heterocycles. The van der Waals surface area contributed by atoms with Gasteiger partial charge in [0.05, 0.1) is 0 Å². The van der Waals surface area contributed by atoms with E-state index < -0.39 is 0 Å². The fourth-order valence-electron chi connectivity index (χ4n) is 1.64.